The zero-order valence-electron chi connectivity index (χ0n) is 14.3. The van der Waals surface area contributed by atoms with Crippen molar-refractivity contribution in [1.29, 1.82) is 0 Å². The molecule has 2 rings (SSSR count). The maximum atomic E-state index is 12.3. The highest BCUT2D eigenvalue weighted by Gasteiger charge is 2.23. The van der Waals surface area contributed by atoms with Crippen LogP contribution in [-0.2, 0) is 23.9 Å². The van der Waals surface area contributed by atoms with E-state index in [2.05, 4.69) is 16.0 Å². The van der Waals surface area contributed by atoms with Crippen LogP contribution in [-0.4, -0.2) is 60.4 Å². The summed E-state index contributed by atoms with van der Waals surface area (Å²) in [7, 11) is 3.11. The summed E-state index contributed by atoms with van der Waals surface area (Å²) in [5.41, 5.74) is 0. The van der Waals surface area contributed by atoms with Crippen LogP contribution in [0, 0.1) is 0 Å². The molecule has 1 saturated heterocycles. The van der Waals surface area contributed by atoms with Gasteiger partial charge in [0.25, 0.3) is 0 Å². The fourth-order valence-electron chi connectivity index (χ4n) is 2.35. The van der Waals surface area contributed by atoms with E-state index >= 15 is 0 Å². The van der Waals surface area contributed by atoms with Gasteiger partial charge in [-0.15, -0.1) is 0 Å². The molecule has 2 atom stereocenters. The minimum atomic E-state index is -0.692. The second-order valence-electron chi connectivity index (χ2n) is 5.85. The third kappa shape index (κ3) is 7.69. The Labute approximate surface area is 160 Å². The lowest BCUT2D eigenvalue weighted by Gasteiger charge is -2.18. The van der Waals surface area contributed by atoms with Crippen LogP contribution in [0.1, 0.15) is 25.7 Å². The first-order valence-electron chi connectivity index (χ1n) is 8.49. The molecule has 10 heteroatoms. The Morgan fingerprint density at radius 3 is 2.77 bits per heavy atom. The second-order valence-corrected chi connectivity index (χ2v) is 8.47. The summed E-state index contributed by atoms with van der Waals surface area (Å²) in [6.07, 6.45) is 4.22. The number of ether oxygens (including phenoxy) is 1. The Balaban J connectivity index is 2.20. The number of nitrogens with one attached hydrogen (secondary N) is 3. The smallest absolute Gasteiger partial charge is 0.306 e. The fraction of sp³-hybridized carbons (Fsp3) is 0.625. The average Bonchev–Trinajstić information content (AvgIpc) is 2.60. The second kappa shape index (κ2) is 11.1. The van der Waals surface area contributed by atoms with Crippen LogP contribution in [0.2, 0.25) is 0 Å². The van der Waals surface area contributed by atoms with Crippen LogP contribution in [0.5, 0.6) is 0 Å². The molecule has 3 N–H and O–H groups in total. The van der Waals surface area contributed by atoms with Crippen molar-refractivity contribution in [3.63, 3.8) is 0 Å². The van der Waals surface area contributed by atoms with Gasteiger partial charge in [-0.1, -0.05) is 27.7 Å². The molecule has 2 heterocycles. The number of fused-ring (bicyclic) bond motifs is 7. The van der Waals surface area contributed by atoms with Crippen LogP contribution < -0.4 is 16.0 Å². The first-order chi connectivity index (χ1) is 12.5. The number of hydrogen-bond donors (Lipinski definition) is 3. The first kappa shape index (κ1) is 20.6. The van der Waals surface area contributed by atoms with Gasteiger partial charge in [-0.2, -0.15) is 0 Å². The van der Waals surface area contributed by atoms with E-state index in [1.165, 1.54) is 10.8 Å². The predicted octanol–water partition coefficient (Wildman–Crippen LogP) is 0.141. The number of allylic oxidation sites excluding steroid dienone is 1. The van der Waals surface area contributed by atoms with Gasteiger partial charge >= 0.3 is 5.97 Å². The molecule has 8 nitrogen and oxygen atoms in total. The number of amides is 3. The topological polar surface area (TPSA) is 114 Å². The largest absolute Gasteiger partial charge is 0.458 e. The first-order valence-corrected chi connectivity index (χ1v) is 11.0. The summed E-state index contributed by atoms with van der Waals surface area (Å²) in [4.78, 5) is 48.4. The van der Waals surface area contributed by atoms with Crippen LogP contribution in [0.4, 0.5) is 0 Å². The minimum Gasteiger partial charge on any atom is -0.458 e. The van der Waals surface area contributed by atoms with Gasteiger partial charge in [-0.05, 0) is 18.9 Å². The molecule has 26 heavy (non-hydrogen) atoms. The standard InChI is InChI=1S/C16H23N3O5S2/c20-13-8-11-4-1-2-7-25-26-10-12(19-14(21)9-18-13)16(23)17-6-3-5-15(22)24-11/h1,4,11-12H,2-3,5-10H2,(H,17,23)(H,18,20)(H,19,21). The third-order valence-electron chi connectivity index (χ3n) is 3.66. The number of carbonyl (C=O) groups is 4. The lowest BCUT2D eigenvalue weighted by molar-refractivity contribution is -0.148. The monoisotopic (exact) mass is 401 g/mol. The summed E-state index contributed by atoms with van der Waals surface area (Å²) in [5, 5.41) is 7.88. The van der Waals surface area contributed by atoms with Crippen molar-refractivity contribution < 1.29 is 23.9 Å². The summed E-state index contributed by atoms with van der Waals surface area (Å²) < 4.78 is 5.35. The molecule has 144 valence electrons. The Bertz CT molecular complexity index is 570. The van der Waals surface area contributed by atoms with Gasteiger partial charge in [0.2, 0.25) is 17.7 Å². The molecular weight excluding hydrogens is 378 g/mol. The number of esters is 1. The molecule has 2 aliphatic rings. The van der Waals surface area contributed by atoms with E-state index in [0.717, 1.165) is 12.2 Å². The van der Waals surface area contributed by atoms with Gasteiger partial charge in [-0.25, -0.2) is 0 Å². The lowest BCUT2D eigenvalue weighted by atomic mass is 10.2. The Morgan fingerprint density at radius 1 is 1.08 bits per heavy atom. The molecule has 0 radical (unpaired) electrons. The van der Waals surface area contributed by atoms with E-state index in [0.29, 0.717) is 18.7 Å². The van der Waals surface area contributed by atoms with Crippen LogP contribution in [0.3, 0.4) is 0 Å². The van der Waals surface area contributed by atoms with E-state index in [-0.39, 0.29) is 25.3 Å². The molecular formula is C16H23N3O5S2. The molecule has 0 aromatic carbocycles. The lowest BCUT2D eigenvalue weighted by Crippen LogP contribution is -2.50. The summed E-state index contributed by atoms with van der Waals surface area (Å²) in [5.74, 6) is -0.318. The van der Waals surface area contributed by atoms with Crippen molar-refractivity contribution in [2.75, 3.05) is 24.6 Å². The average molecular weight is 402 g/mol. The van der Waals surface area contributed by atoms with Crippen molar-refractivity contribution >= 4 is 45.3 Å². The highest BCUT2D eigenvalue weighted by molar-refractivity contribution is 8.76. The number of rotatable bonds is 0. The minimum absolute atomic E-state index is 0.0436. The van der Waals surface area contributed by atoms with Crippen LogP contribution in [0.15, 0.2) is 12.2 Å². The molecule has 1 fully saturated rings. The quantitative estimate of drug-likeness (QED) is 0.301. The van der Waals surface area contributed by atoms with Crippen molar-refractivity contribution in [3.05, 3.63) is 12.2 Å². The maximum Gasteiger partial charge on any atom is 0.306 e. The van der Waals surface area contributed by atoms with Gasteiger partial charge in [0.15, 0.2) is 0 Å². The zero-order valence-corrected chi connectivity index (χ0v) is 16.0. The van der Waals surface area contributed by atoms with E-state index in [4.69, 9.17) is 4.74 Å². The van der Waals surface area contributed by atoms with Gasteiger partial charge in [-0.3, -0.25) is 19.2 Å². The predicted molar refractivity (Wildman–Crippen MR) is 100 cm³/mol. The Hall–Kier alpha value is -1.68. The van der Waals surface area contributed by atoms with Gasteiger partial charge in [0.1, 0.15) is 12.1 Å². The third-order valence-corrected chi connectivity index (χ3v) is 6.11. The van der Waals surface area contributed by atoms with E-state index in [9.17, 15) is 19.2 Å². The van der Waals surface area contributed by atoms with E-state index in [1.807, 2.05) is 6.08 Å². The molecule has 2 bridgehead atoms. The molecule has 0 aliphatic carbocycles. The summed E-state index contributed by atoms with van der Waals surface area (Å²) in [6.45, 7) is 0.0839. The molecule has 0 aromatic heterocycles. The Morgan fingerprint density at radius 2 is 1.92 bits per heavy atom. The molecule has 0 spiro atoms. The number of carbonyl (C=O) groups excluding carboxylic acids is 4. The molecule has 2 unspecified atom stereocenters. The molecule has 3 amide bonds. The normalized spacial score (nSPS) is 27.1. The highest BCUT2D eigenvalue weighted by atomic mass is 33.1. The number of hydrogen-bond acceptors (Lipinski definition) is 7. The van der Waals surface area contributed by atoms with Crippen molar-refractivity contribution in [3.8, 4) is 0 Å². The van der Waals surface area contributed by atoms with Gasteiger partial charge < -0.3 is 20.7 Å². The van der Waals surface area contributed by atoms with Gasteiger partial charge in [0, 0.05) is 24.5 Å². The van der Waals surface area contributed by atoms with Crippen molar-refractivity contribution in [1.82, 2.24) is 16.0 Å². The zero-order chi connectivity index (χ0) is 18.8. The summed E-state index contributed by atoms with van der Waals surface area (Å²) >= 11 is 0. The van der Waals surface area contributed by atoms with Crippen LogP contribution >= 0.6 is 21.6 Å². The van der Waals surface area contributed by atoms with E-state index < -0.39 is 29.9 Å². The molecule has 0 aromatic rings. The van der Waals surface area contributed by atoms with Crippen LogP contribution in [0.25, 0.3) is 0 Å². The SMILES string of the molecule is O=C1CC2C=CCCSSCC(NC(=O)CN1)C(=O)NCCCC(=O)O2. The fourth-order valence-corrected chi connectivity index (χ4v) is 4.50. The van der Waals surface area contributed by atoms with E-state index in [1.54, 1.807) is 16.9 Å². The Kier molecular flexibility index (Phi) is 8.82. The highest BCUT2D eigenvalue weighted by Crippen LogP contribution is 2.23. The van der Waals surface area contributed by atoms with Crippen molar-refractivity contribution in [2.45, 2.75) is 37.8 Å². The van der Waals surface area contributed by atoms with Gasteiger partial charge in [0.05, 0.1) is 13.0 Å². The maximum absolute atomic E-state index is 12.3. The molecule has 2 aliphatic heterocycles. The summed E-state index contributed by atoms with van der Waals surface area (Å²) in [6, 6.07) is -0.692. The molecule has 0 saturated carbocycles. The van der Waals surface area contributed by atoms with Crippen molar-refractivity contribution in [2.24, 2.45) is 0 Å².